The number of ether oxygens (including phenoxy) is 1. The van der Waals surface area contributed by atoms with Gasteiger partial charge in [0.25, 0.3) is 5.91 Å². The quantitative estimate of drug-likeness (QED) is 0.278. The van der Waals surface area contributed by atoms with Gasteiger partial charge < -0.3 is 4.74 Å². The third kappa shape index (κ3) is 6.06. The molecular weight excluding hydrogens is 455 g/mol. The maximum atomic E-state index is 12.2. The molecule has 0 bridgehead atoms. The summed E-state index contributed by atoms with van der Waals surface area (Å²) < 4.78 is 6.21. The van der Waals surface area contributed by atoms with Crippen LogP contribution in [-0.2, 0) is 4.79 Å². The first-order valence-electron chi connectivity index (χ1n) is 7.88. The fraction of sp³-hybridized carbons (Fsp3) is 0.211. The van der Waals surface area contributed by atoms with Gasteiger partial charge in [-0.3, -0.25) is 9.59 Å². The van der Waals surface area contributed by atoms with E-state index in [0.29, 0.717) is 16.3 Å². The van der Waals surface area contributed by atoms with E-state index in [-0.39, 0.29) is 16.6 Å². The summed E-state index contributed by atoms with van der Waals surface area (Å²) in [6.45, 7) is 5.29. The van der Waals surface area contributed by atoms with Gasteiger partial charge in [0, 0.05) is 15.1 Å². The van der Waals surface area contributed by atoms with E-state index in [9.17, 15) is 9.59 Å². The van der Waals surface area contributed by atoms with Gasteiger partial charge >= 0.3 is 5.97 Å². The Hall–Kier alpha value is -1.89. The van der Waals surface area contributed by atoms with Crippen LogP contribution in [-0.4, -0.2) is 18.1 Å². The first kappa shape index (κ1) is 21.4. The van der Waals surface area contributed by atoms with Gasteiger partial charge in [-0.15, -0.1) is 0 Å². The van der Waals surface area contributed by atoms with Gasteiger partial charge in [-0.05, 0) is 57.2 Å². The average Bonchev–Trinajstić information content (AvgIpc) is 2.56. The van der Waals surface area contributed by atoms with E-state index < -0.39 is 11.3 Å². The molecule has 0 aliphatic carbocycles. The van der Waals surface area contributed by atoms with Crippen molar-refractivity contribution in [3.8, 4) is 5.75 Å². The summed E-state index contributed by atoms with van der Waals surface area (Å²) in [6, 6.07) is 9.65. The predicted molar refractivity (Wildman–Crippen MR) is 111 cm³/mol. The number of benzene rings is 2. The molecule has 0 heterocycles. The fourth-order valence-corrected chi connectivity index (χ4v) is 2.73. The molecule has 2 aromatic rings. The zero-order chi connectivity index (χ0) is 20.2. The zero-order valence-corrected chi connectivity index (χ0v) is 17.9. The molecule has 1 N–H and O–H groups in total. The standard InChI is InChI=1S/C19H17BrCl2N2O3/c1-19(2,3)18(26)27-16-7-4-12(20)8-11(16)10-23-24-17(25)14-6-5-13(21)9-15(14)22/h4-10H,1-3H3,(H,24,25)/b23-10-. The maximum Gasteiger partial charge on any atom is 0.316 e. The minimum Gasteiger partial charge on any atom is -0.425 e. The Morgan fingerprint density at radius 2 is 1.85 bits per heavy atom. The van der Waals surface area contributed by atoms with Crippen molar-refractivity contribution in [2.75, 3.05) is 0 Å². The summed E-state index contributed by atoms with van der Waals surface area (Å²) in [5, 5.41) is 4.57. The molecule has 1 amide bonds. The van der Waals surface area contributed by atoms with Gasteiger partial charge in [0.05, 0.1) is 22.2 Å². The third-order valence-electron chi connectivity index (χ3n) is 3.33. The number of esters is 1. The minimum absolute atomic E-state index is 0.220. The molecule has 27 heavy (non-hydrogen) atoms. The summed E-state index contributed by atoms with van der Waals surface area (Å²) in [4.78, 5) is 24.3. The number of hydrogen-bond donors (Lipinski definition) is 1. The topological polar surface area (TPSA) is 67.8 Å². The summed E-state index contributed by atoms with van der Waals surface area (Å²) in [6.07, 6.45) is 1.39. The summed E-state index contributed by atoms with van der Waals surface area (Å²) in [7, 11) is 0. The van der Waals surface area contributed by atoms with Crippen LogP contribution in [0.3, 0.4) is 0 Å². The first-order chi connectivity index (χ1) is 12.6. The molecule has 2 aromatic carbocycles. The highest BCUT2D eigenvalue weighted by Crippen LogP contribution is 2.25. The van der Waals surface area contributed by atoms with Gasteiger partial charge in [0.1, 0.15) is 5.75 Å². The van der Waals surface area contributed by atoms with Crippen molar-refractivity contribution >= 4 is 57.2 Å². The van der Waals surface area contributed by atoms with Crippen molar-refractivity contribution in [1.82, 2.24) is 5.43 Å². The van der Waals surface area contributed by atoms with E-state index in [0.717, 1.165) is 4.47 Å². The van der Waals surface area contributed by atoms with Crippen LogP contribution in [0.2, 0.25) is 10.0 Å². The van der Waals surface area contributed by atoms with Crippen molar-refractivity contribution in [1.29, 1.82) is 0 Å². The number of halogens is 3. The lowest BCUT2D eigenvalue weighted by atomic mass is 9.97. The van der Waals surface area contributed by atoms with Crippen LogP contribution in [0.25, 0.3) is 0 Å². The van der Waals surface area contributed by atoms with Crippen molar-refractivity contribution < 1.29 is 14.3 Å². The normalized spacial score (nSPS) is 11.5. The molecule has 142 valence electrons. The van der Waals surface area contributed by atoms with Gasteiger partial charge in [-0.1, -0.05) is 39.1 Å². The Morgan fingerprint density at radius 1 is 1.15 bits per heavy atom. The molecule has 0 aliphatic heterocycles. The average molecular weight is 472 g/mol. The number of nitrogens with zero attached hydrogens (tertiary/aromatic N) is 1. The molecule has 0 aromatic heterocycles. The monoisotopic (exact) mass is 470 g/mol. The second-order valence-electron chi connectivity index (χ2n) is 6.64. The maximum absolute atomic E-state index is 12.2. The van der Waals surface area contributed by atoms with Gasteiger partial charge in [-0.25, -0.2) is 5.43 Å². The van der Waals surface area contributed by atoms with Crippen molar-refractivity contribution in [2.24, 2.45) is 10.5 Å². The number of rotatable bonds is 4. The number of nitrogens with one attached hydrogen (secondary N) is 1. The Labute approximate surface area is 175 Å². The Kier molecular flexibility index (Phi) is 7.03. The van der Waals surface area contributed by atoms with Crippen molar-refractivity contribution in [3.05, 3.63) is 62.0 Å². The number of amides is 1. The van der Waals surface area contributed by atoms with Crippen LogP contribution in [0.5, 0.6) is 5.75 Å². The molecule has 2 rings (SSSR count). The molecule has 5 nitrogen and oxygen atoms in total. The van der Waals surface area contributed by atoms with E-state index in [1.807, 2.05) is 0 Å². The Morgan fingerprint density at radius 3 is 2.48 bits per heavy atom. The summed E-state index contributed by atoms with van der Waals surface area (Å²) in [5.74, 6) is -0.534. The zero-order valence-electron chi connectivity index (χ0n) is 14.8. The summed E-state index contributed by atoms with van der Waals surface area (Å²) in [5.41, 5.74) is 2.49. The van der Waals surface area contributed by atoms with Crippen LogP contribution >= 0.6 is 39.1 Å². The lowest BCUT2D eigenvalue weighted by Crippen LogP contribution is -2.26. The van der Waals surface area contributed by atoms with E-state index in [2.05, 4.69) is 26.5 Å². The largest absolute Gasteiger partial charge is 0.425 e. The second kappa shape index (κ2) is 8.87. The van der Waals surface area contributed by atoms with Gasteiger partial charge in [0.2, 0.25) is 0 Å². The number of hydrazone groups is 1. The fourth-order valence-electron chi connectivity index (χ4n) is 1.86. The van der Waals surface area contributed by atoms with Crippen LogP contribution in [0.1, 0.15) is 36.7 Å². The van der Waals surface area contributed by atoms with E-state index in [1.165, 1.54) is 18.3 Å². The van der Waals surface area contributed by atoms with E-state index >= 15 is 0 Å². The highest BCUT2D eigenvalue weighted by atomic mass is 79.9. The van der Waals surface area contributed by atoms with Crippen molar-refractivity contribution in [3.63, 3.8) is 0 Å². The predicted octanol–water partition coefficient (Wildman–Crippen LogP) is 5.47. The highest BCUT2D eigenvalue weighted by molar-refractivity contribution is 9.10. The molecular formula is C19H17BrCl2N2O3. The molecule has 0 unspecified atom stereocenters. The van der Waals surface area contributed by atoms with Crippen LogP contribution in [0, 0.1) is 5.41 Å². The van der Waals surface area contributed by atoms with Crippen LogP contribution in [0.4, 0.5) is 0 Å². The van der Waals surface area contributed by atoms with E-state index in [4.69, 9.17) is 27.9 Å². The van der Waals surface area contributed by atoms with Gasteiger partial charge in [0.15, 0.2) is 0 Å². The smallest absolute Gasteiger partial charge is 0.316 e. The molecule has 0 saturated carbocycles. The molecule has 0 fully saturated rings. The molecule has 0 saturated heterocycles. The minimum atomic E-state index is -0.652. The Balaban J connectivity index is 2.17. The number of carbonyl (C=O) groups excluding carboxylic acids is 2. The number of hydrogen-bond acceptors (Lipinski definition) is 4. The van der Waals surface area contributed by atoms with Crippen LogP contribution in [0.15, 0.2) is 46.0 Å². The molecule has 0 atom stereocenters. The summed E-state index contributed by atoms with van der Waals surface area (Å²) >= 11 is 15.2. The van der Waals surface area contributed by atoms with Crippen LogP contribution < -0.4 is 10.2 Å². The lowest BCUT2D eigenvalue weighted by molar-refractivity contribution is -0.143. The Bertz CT molecular complexity index is 908. The SMILES string of the molecule is CC(C)(C)C(=O)Oc1ccc(Br)cc1/C=N\NC(=O)c1ccc(Cl)cc1Cl. The highest BCUT2D eigenvalue weighted by Gasteiger charge is 2.24. The van der Waals surface area contributed by atoms with E-state index in [1.54, 1.807) is 45.0 Å². The van der Waals surface area contributed by atoms with Gasteiger partial charge in [-0.2, -0.15) is 5.10 Å². The molecule has 8 heteroatoms. The van der Waals surface area contributed by atoms with Crippen molar-refractivity contribution in [2.45, 2.75) is 20.8 Å². The first-order valence-corrected chi connectivity index (χ1v) is 9.43. The second-order valence-corrected chi connectivity index (χ2v) is 8.40. The molecule has 0 aliphatic rings. The third-order valence-corrected chi connectivity index (χ3v) is 4.37. The number of carbonyl (C=O) groups is 2. The molecule has 0 radical (unpaired) electrons. The lowest BCUT2D eigenvalue weighted by Gasteiger charge is -2.17. The molecule has 0 spiro atoms.